The average Bonchev–Trinajstić information content (AvgIpc) is 2.75. The fourth-order valence-corrected chi connectivity index (χ4v) is 2.01. The molecule has 0 spiro atoms. The Morgan fingerprint density at radius 2 is 2.29 bits per heavy atom. The Kier molecular flexibility index (Phi) is 3.80. The van der Waals surface area contributed by atoms with Crippen molar-refractivity contribution in [2.24, 2.45) is 0 Å². The van der Waals surface area contributed by atoms with Crippen molar-refractivity contribution in [1.82, 2.24) is 10.2 Å². The lowest BCUT2D eigenvalue weighted by Crippen LogP contribution is -1.97. The first-order chi connectivity index (χ1) is 8.15. The fourth-order valence-electron chi connectivity index (χ4n) is 1.13. The van der Waals surface area contributed by atoms with Crippen molar-refractivity contribution in [3.63, 3.8) is 0 Å². The Hall–Kier alpha value is -1.34. The van der Waals surface area contributed by atoms with E-state index in [1.54, 1.807) is 0 Å². The summed E-state index contributed by atoms with van der Waals surface area (Å²) in [5.74, 6) is -0.642. The van der Waals surface area contributed by atoms with Crippen LogP contribution in [0, 0.1) is 0 Å². The quantitative estimate of drug-likeness (QED) is 0.874. The number of aromatic nitrogens is 2. The van der Waals surface area contributed by atoms with E-state index < -0.39 is 5.97 Å². The van der Waals surface area contributed by atoms with Crippen LogP contribution >= 0.6 is 27.7 Å². The van der Waals surface area contributed by atoms with Crippen LogP contribution in [0.25, 0.3) is 11.5 Å². The van der Waals surface area contributed by atoms with Crippen LogP contribution in [0.4, 0.5) is 0 Å². The molecule has 1 aromatic carbocycles. The third-order valence-corrected chi connectivity index (χ3v) is 3.09. The van der Waals surface area contributed by atoms with E-state index >= 15 is 0 Å². The second-order valence-electron chi connectivity index (χ2n) is 3.07. The highest BCUT2D eigenvalue weighted by Gasteiger charge is 2.10. The summed E-state index contributed by atoms with van der Waals surface area (Å²) in [6, 6.07) is 7.43. The largest absolute Gasteiger partial charge is 0.481 e. The monoisotopic (exact) mass is 314 g/mol. The summed E-state index contributed by atoms with van der Waals surface area (Å²) in [5.41, 5.74) is 0.786. The predicted octanol–water partition coefficient (Wildman–Crippen LogP) is 2.68. The molecule has 1 aromatic heterocycles. The first-order valence-corrected chi connectivity index (χ1v) is 6.37. The zero-order valence-electron chi connectivity index (χ0n) is 8.46. The van der Waals surface area contributed by atoms with E-state index in [9.17, 15) is 4.79 Å². The Morgan fingerprint density at radius 3 is 3.00 bits per heavy atom. The molecule has 0 atom stereocenters. The third-order valence-electron chi connectivity index (χ3n) is 1.80. The van der Waals surface area contributed by atoms with E-state index in [1.807, 2.05) is 24.3 Å². The lowest BCUT2D eigenvalue weighted by Gasteiger charge is -1.94. The van der Waals surface area contributed by atoms with Gasteiger partial charge in [0.15, 0.2) is 0 Å². The first kappa shape index (κ1) is 12.1. The van der Waals surface area contributed by atoms with Crippen molar-refractivity contribution < 1.29 is 14.3 Å². The number of hydrogen-bond donors (Lipinski definition) is 1. The van der Waals surface area contributed by atoms with Gasteiger partial charge in [-0.15, -0.1) is 10.2 Å². The van der Waals surface area contributed by atoms with Crippen LogP contribution in [-0.4, -0.2) is 27.0 Å². The van der Waals surface area contributed by atoms with Gasteiger partial charge in [-0.25, -0.2) is 0 Å². The van der Waals surface area contributed by atoms with Crippen LogP contribution in [0.15, 0.2) is 38.4 Å². The second-order valence-corrected chi connectivity index (χ2v) is 4.91. The summed E-state index contributed by atoms with van der Waals surface area (Å²) in [5, 5.41) is 16.4. The van der Waals surface area contributed by atoms with Crippen LogP contribution in [0.2, 0.25) is 0 Å². The van der Waals surface area contributed by atoms with E-state index in [-0.39, 0.29) is 11.0 Å². The molecule has 1 N–H and O–H groups in total. The van der Waals surface area contributed by atoms with Crippen molar-refractivity contribution >= 4 is 33.7 Å². The van der Waals surface area contributed by atoms with Crippen LogP contribution < -0.4 is 0 Å². The maximum absolute atomic E-state index is 10.4. The van der Waals surface area contributed by atoms with Gasteiger partial charge in [0.05, 0.1) is 0 Å². The number of carboxylic acids is 1. The number of benzene rings is 1. The molecule has 0 bridgehead atoms. The molecule has 0 aliphatic carbocycles. The molecule has 0 radical (unpaired) electrons. The van der Waals surface area contributed by atoms with E-state index in [4.69, 9.17) is 9.52 Å². The Bertz CT molecular complexity index is 544. The van der Waals surface area contributed by atoms with Gasteiger partial charge in [0, 0.05) is 10.0 Å². The molecule has 2 aromatic rings. The maximum atomic E-state index is 10.4. The van der Waals surface area contributed by atoms with Gasteiger partial charge < -0.3 is 9.52 Å². The van der Waals surface area contributed by atoms with E-state index in [0.29, 0.717) is 5.89 Å². The molecule has 0 unspecified atom stereocenters. The highest BCUT2D eigenvalue weighted by Crippen LogP contribution is 2.24. The number of nitrogens with zero attached hydrogens (tertiary/aromatic N) is 2. The van der Waals surface area contributed by atoms with Gasteiger partial charge in [0.1, 0.15) is 5.75 Å². The van der Waals surface area contributed by atoms with Gasteiger partial charge in [0.25, 0.3) is 5.22 Å². The van der Waals surface area contributed by atoms with Crippen LogP contribution in [-0.2, 0) is 4.79 Å². The number of carboxylic acid groups (broad SMARTS) is 1. The average molecular weight is 315 g/mol. The minimum Gasteiger partial charge on any atom is -0.481 e. The summed E-state index contributed by atoms with van der Waals surface area (Å²) < 4.78 is 6.24. The maximum Gasteiger partial charge on any atom is 0.314 e. The topological polar surface area (TPSA) is 76.2 Å². The summed E-state index contributed by atoms with van der Waals surface area (Å²) in [4.78, 5) is 10.4. The highest BCUT2D eigenvalue weighted by atomic mass is 79.9. The summed E-state index contributed by atoms with van der Waals surface area (Å²) >= 11 is 4.34. The number of carbonyl (C=O) groups is 1. The molecule has 0 amide bonds. The van der Waals surface area contributed by atoms with Gasteiger partial charge in [-0.1, -0.05) is 33.8 Å². The fraction of sp³-hybridized carbons (Fsp3) is 0.100. The smallest absolute Gasteiger partial charge is 0.314 e. The third kappa shape index (κ3) is 3.31. The first-order valence-electron chi connectivity index (χ1n) is 4.59. The van der Waals surface area contributed by atoms with E-state index in [2.05, 4.69) is 26.1 Å². The predicted molar refractivity (Wildman–Crippen MR) is 65.8 cm³/mol. The number of rotatable bonds is 4. The molecule has 5 nitrogen and oxygen atoms in total. The van der Waals surface area contributed by atoms with Crippen molar-refractivity contribution in [3.8, 4) is 11.5 Å². The van der Waals surface area contributed by atoms with Gasteiger partial charge in [-0.2, -0.15) is 0 Å². The number of hydrogen-bond acceptors (Lipinski definition) is 5. The van der Waals surface area contributed by atoms with Crippen LogP contribution in [0.3, 0.4) is 0 Å². The molecule has 0 saturated carbocycles. The van der Waals surface area contributed by atoms with Crippen molar-refractivity contribution in [2.75, 3.05) is 5.75 Å². The number of halogens is 1. The number of aliphatic carboxylic acids is 1. The normalized spacial score (nSPS) is 10.4. The van der Waals surface area contributed by atoms with Gasteiger partial charge in [0.2, 0.25) is 5.89 Å². The summed E-state index contributed by atoms with van der Waals surface area (Å²) in [6.45, 7) is 0. The minimum atomic E-state index is -0.919. The molecule has 17 heavy (non-hydrogen) atoms. The van der Waals surface area contributed by atoms with Gasteiger partial charge in [-0.3, -0.25) is 4.79 Å². The standard InChI is InChI=1S/C10H7BrN2O3S/c11-7-3-1-2-6(4-7)9-12-13-10(16-9)17-5-8(14)15/h1-4H,5H2,(H,14,15). The molecule has 0 fully saturated rings. The molecular formula is C10H7BrN2O3S. The SMILES string of the molecule is O=C(O)CSc1nnc(-c2cccc(Br)c2)o1. The zero-order chi connectivity index (χ0) is 12.3. The van der Waals surface area contributed by atoms with Gasteiger partial charge >= 0.3 is 5.97 Å². The summed E-state index contributed by atoms with van der Waals surface area (Å²) in [7, 11) is 0. The molecule has 88 valence electrons. The second kappa shape index (κ2) is 5.33. The van der Waals surface area contributed by atoms with Crippen molar-refractivity contribution in [1.29, 1.82) is 0 Å². The van der Waals surface area contributed by atoms with Crippen molar-refractivity contribution in [2.45, 2.75) is 5.22 Å². The minimum absolute atomic E-state index is 0.0971. The molecule has 0 aliphatic rings. The highest BCUT2D eigenvalue weighted by molar-refractivity contribution is 9.10. The lowest BCUT2D eigenvalue weighted by molar-refractivity contribution is -0.133. The summed E-state index contributed by atoms with van der Waals surface area (Å²) in [6.07, 6.45) is 0. The molecule has 0 aliphatic heterocycles. The zero-order valence-corrected chi connectivity index (χ0v) is 10.9. The Labute approximate surface area is 109 Å². The molecule has 1 heterocycles. The lowest BCUT2D eigenvalue weighted by atomic mass is 10.2. The molecular weight excluding hydrogens is 308 g/mol. The van der Waals surface area contributed by atoms with Crippen molar-refractivity contribution in [3.05, 3.63) is 28.7 Å². The Balaban J connectivity index is 2.15. The molecule has 7 heteroatoms. The van der Waals surface area contributed by atoms with E-state index in [1.165, 1.54) is 0 Å². The molecule has 0 saturated heterocycles. The van der Waals surface area contributed by atoms with Crippen LogP contribution in [0.5, 0.6) is 0 Å². The van der Waals surface area contributed by atoms with Crippen LogP contribution in [0.1, 0.15) is 0 Å². The molecule has 2 rings (SSSR count). The Morgan fingerprint density at radius 1 is 1.47 bits per heavy atom. The van der Waals surface area contributed by atoms with Gasteiger partial charge in [-0.05, 0) is 18.2 Å². The van der Waals surface area contributed by atoms with E-state index in [0.717, 1.165) is 21.8 Å². The number of thioether (sulfide) groups is 1.